The van der Waals surface area contributed by atoms with Gasteiger partial charge in [0.2, 0.25) is 25.9 Å². The standard InChI is InChI=1S/C47H49N9O9S2/c1-32(27-54(47(57)58)28-33-9-6-5-7-10-33)52-66(59,60)42-26-25-40(41-11-8-12-43(48)49-41)44(46-50-53-56(51-46)31-36-17-23-39(65-4)24-18-36)45(42)67(61,62)55(29-34-13-19-37(63-2)20-14-34)30-35-15-21-38(64-3)22-16-35/h5-26,32,52H,27-31H2,1-4H3,(H2,48,49)(H,57,58)/t32-/m1/s1. The smallest absolute Gasteiger partial charge is 0.407 e. The van der Waals surface area contributed by atoms with E-state index in [0.717, 1.165) is 14.8 Å². The first-order chi connectivity index (χ1) is 32.2. The van der Waals surface area contributed by atoms with E-state index in [1.54, 1.807) is 128 Å². The summed E-state index contributed by atoms with van der Waals surface area (Å²) in [4.78, 5) is 17.9. The number of rotatable bonds is 20. The zero-order chi connectivity index (χ0) is 47.7. The van der Waals surface area contributed by atoms with Crippen LogP contribution < -0.4 is 24.7 Å². The predicted molar refractivity (Wildman–Crippen MR) is 250 cm³/mol. The zero-order valence-corrected chi connectivity index (χ0v) is 38.7. The van der Waals surface area contributed by atoms with Crippen LogP contribution in [-0.4, -0.2) is 96.3 Å². The number of nitrogens with zero attached hydrogens (tertiary/aromatic N) is 7. The van der Waals surface area contributed by atoms with Crippen LogP contribution in [0.5, 0.6) is 17.2 Å². The fourth-order valence-electron chi connectivity index (χ4n) is 7.31. The van der Waals surface area contributed by atoms with E-state index in [9.17, 15) is 18.3 Å². The molecule has 1 atom stereocenters. The van der Waals surface area contributed by atoms with Gasteiger partial charge in [0.05, 0.1) is 39.1 Å². The molecule has 2 aromatic heterocycles. The molecule has 7 aromatic rings. The first-order valence-electron chi connectivity index (χ1n) is 20.8. The van der Waals surface area contributed by atoms with Crippen molar-refractivity contribution in [2.45, 2.75) is 48.9 Å². The highest BCUT2D eigenvalue weighted by Gasteiger charge is 2.38. The number of hydrogen-bond acceptors (Lipinski definition) is 13. The molecule has 0 fully saturated rings. The van der Waals surface area contributed by atoms with Gasteiger partial charge in [-0.15, -0.1) is 10.2 Å². The lowest BCUT2D eigenvalue weighted by atomic mass is 10.0. The van der Waals surface area contributed by atoms with Gasteiger partial charge in [-0.25, -0.2) is 31.3 Å². The van der Waals surface area contributed by atoms with Crippen molar-refractivity contribution in [2.75, 3.05) is 33.6 Å². The predicted octanol–water partition coefficient (Wildman–Crippen LogP) is 6.30. The van der Waals surface area contributed by atoms with Crippen molar-refractivity contribution in [1.29, 1.82) is 0 Å². The molecule has 0 bridgehead atoms. The summed E-state index contributed by atoms with van der Waals surface area (Å²) >= 11 is 0. The van der Waals surface area contributed by atoms with Crippen molar-refractivity contribution in [1.82, 2.24) is 39.1 Å². The molecule has 67 heavy (non-hydrogen) atoms. The number of amides is 1. The number of nitrogens with one attached hydrogen (secondary N) is 1. The Morgan fingerprint density at radius 2 is 1.27 bits per heavy atom. The minimum Gasteiger partial charge on any atom is -0.497 e. The maximum atomic E-state index is 16.0. The monoisotopic (exact) mass is 947 g/mol. The fraction of sp³-hybridized carbons (Fsp3) is 0.213. The molecule has 0 saturated carbocycles. The summed E-state index contributed by atoms with van der Waals surface area (Å²) in [5.41, 5.74) is 8.84. The van der Waals surface area contributed by atoms with E-state index in [2.05, 4.69) is 25.1 Å². The number of hydrogen-bond donors (Lipinski definition) is 3. The second-order valence-corrected chi connectivity index (χ2v) is 19.0. The summed E-state index contributed by atoms with van der Waals surface area (Å²) in [6, 6.07) is 35.9. The molecule has 0 unspecified atom stereocenters. The van der Waals surface area contributed by atoms with E-state index in [-0.39, 0.29) is 61.2 Å². The van der Waals surface area contributed by atoms with Crippen LogP contribution in [0.25, 0.3) is 22.6 Å². The van der Waals surface area contributed by atoms with Gasteiger partial charge < -0.3 is 30.0 Å². The highest BCUT2D eigenvalue weighted by atomic mass is 32.2. The Morgan fingerprint density at radius 1 is 0.716 bits per heavy atom. The van der Waals surface area contributed by atoms with E-state index in [4.69, 9.17) is 19.9 Å². The normalized spacial score (nSPS) is 12.1. The SMILES string of the molecule is COc1ccc(CN(Cc2ccc(OC)cc2)S(=O)(=O)c2c(S(=O)(=O)N[C@H](C)CN(Cc3ccccc3)C(=O)O)ccc(-c3cccc(N)n3)c2-c2nnn(Cc3ccc(OC)cc3)n2)cc1. The first kappa shape index (κ1) is 47.6. The topological polar surface area (TPSA) is 234 Å². The van der Waals surface area contributed by atoms with E-state index < -0.39 is 42.0 Å². The van der Waals surface area contributed by atoms with E-state index in [1.165, 1.54) is 38.1 Å². The van der Waals surface area contributed by atoms with Crippen LogP contribution >= 0.6 is 0 Å². The average molecular weight is 948 g/mol. The molecule has 18 nitrogen and oxygen atoms in total. The van der Waals surface area contributed by atoms with Gasteiger partial charge in [0.25, 0.3) is 0 Å². The molecule has 2 heterocycles. The number of ether oxygens (including phenoxy) is 3. The minimum absolute atomic E-state index is 0.0303. The van der Waals surface area contributed by atoms with Gasteiger partial charge in [0, 0.05) is 37.8 Å². The van der Waals surface area contributed by atoms with Crippen molar-refractivity contribution in [3.8, 4) is 39.9 Å². The van der Waals surface area contributed by atoms with Crippen molar-refractivity contribution < 1.29 is 40.9 Å². The quantitative estimate of drug-likeness (QED) is 0.0762. The van der Waals surface area contributed by atoms with Crippen LogP contribution in [0.1, 0.15) is 29.2 Å². The third-order valence-electron chi connectivity index (χ3n) is 10.6. The molecular weight excluding hydrogens is 899 g/mol. The Morgan fingerprint density at radius 3 is 1.81 bits per heavy atom. The number of carboxylic acid groups (broad SMARTS) is 1. The van der Waals surface area contributed by atoms with Crippen LogP contribution in [0.2, 0.25) is 0 Å². The third-order valence-corrected chi connectivity index (χ3v) is 14.2. The minimum atomic E-state index is -4.98. The van der Waals surface area contributed by atoms with Gasteiger partial charge in [0.1, 0.15) is 32.9 Å². The lowest BCUT2D eigenvalue weighted by Crippen LogP contribution is -2.44. The van der Waals surface area contributed by atoms with Gasteiger partial charge >= 0.3 is 6.09 Å². The van der Waals surface area contributed by atoms with Crippen molar-refractivity contribution in [2.24, 2.45) is 0 Å². The van der Waals surface area contributed by atoms with Gasteiger partial charge in [0.15, 0.2) is 0 Å². The largest absolute Gasteiger partial charge is 0.497 e. The number of carbonyl (C=O) groups is 1. The number of tetrazole rings is 1. The number of nitrogen functional groups attached to an aromatic ring is 1. The van der Waals surface area contributed by atoms with Crippen molar-refractivity contribution >= 4 is 32.0 Å². The van der Waals surface area contributed by atoms with E-state index in [1.807, 2.05) is 0 Å². The highest BCUT2D eigenvalue weighted by molar-refractivity contribution is 7.92. The Kier molecular flexibility index (Phi) is 14.8. The summed E-state index contributed by atoms with van der Waals surface area (Å²) in [5.74, 6) is 1.59. The van der Waals surface area contributed by atoms with Gasteiger partial charge in [-0.1, -0.05) is 78.9 Å². The molecule has 0 radical (unpaired) electrons. The number of benzene rings is 5. The van der Waals surface area contributed by atoms with Crippen LogP contribution in [-0.2, 0) is 46.2 Å². The summed E-state index contributed by atoms with van der Waals surface area (Å²) in [6.45, 7) is 0.819. The lowest BCUT2D eigenvalue weighted by Gasteiger charge is -2.27. The Labute approximate surface area is 388 Å². The van der Waals surface area contributed by atoms with Gasteiger partial charge in [-0.05, 0) is 89.0 Å². The number of methoxy groups -OCH3 is 3. The molecule has 5 aromatic carbocycles. The Hall–Kier alpha value is -7.39. The second-order valence-electron chi connectivity index (χ2n) is 15.4. The van der Waals surface area contributed by atoms with Crippen LogP contribution in [0, 0.1) is 0 Å². The third kappa shape index (κ3) is 11.5. The Bertz CT molecular complexity index is 2980. The van der Waals surface area contributed by atoms with Gasteiger partial charge in [-0.3, -0.25) is 0 Å². The zero-order valence-electron chi connectivity index (χ0n) is 37.1. The highest BCUT2D eigenvalue weighted by Crippen LogP contribution is 2.41. The number of pyridine rings is 1. The maximum absolute atomic E-state index is 16.0. The lowest BCUT2D eigenvalue weighted by molar-refractivity contribution is 0.139. The number of nitrogens with two attached hydrogens (primary N) is 1. The molecule has 7 rings (SSSR count). The fourth-order valence-corrected chi connectivity index (χ4v) is 11.0. The molecule has 20 heteroatoms. The maximum Gasteiger partial charge on any atom is 0.407 e. The molecule has 0 aliphatic rings. The Balaban J connectivity index is 1.43. The number of anilines is 1. The average Bonchev–Trinajstić information content (AvgIpc) is 3.79. The van der Waals surface area contributed by atoms with E-state index >= 15 is 8.42 Å². The summed E-state index contributed by atoms with van der Waals surface area (Å²) in [5, 5.41) is 23.4. The van der Waals surface area contributed by atoms with Crippen molar-refractivity contribution in [3.05, 3.63) is 156 Å². The summed E-state index contributed by atoms with van der Waals surface area (Å²) < 4.78 is 81.7. The van der Waals surface area contributed by atoms with E-state index in [0.29, 0.717) is 33.9 Å². The summed E-state index contributed by atoms with van der Waals surface area (Å²) in [7, 11) is -5.25. The molecule has 0 aliphatic heterocycles. The molecule has 0 aliphatic carbocycles. The molecule has 0 saturated heterocycles. The van der Waals surface area contributed by atoms with Crippen LogP contribution in [0.3, 0.4) is 0 Å². The van der Waals surface area contributed by atoms with Crippen LogP contribution in [0.15, 0.2) is 143 Å². The molecular formula is C47H49N9O9S2. The number of aromatic nitrogens is 5. The molecule has 4 N–H and O–H groups in total. The first-order valence-corrected chi connectivity index (χ1v) is 23.7. The second kappa shape index (κ2) is 20.8. The molecule has 348 valence electrons. The molecule has 1 amide bonds. The van der Waals surface area contributed by atoms with Gasteiger partial charge in [-0.2, -0.15) is 9.10 Å². The summed E-state index contributed by atoms with van der Waals surface area (Å²) in [6.07, 6.45) is -1.28. The molecule has 0 spiro atoms. The number of sulfonamides is 2. The van der Waals surface area contributed by atoms with Crippen molar-refractivity contribution in [3.63, 3.8) is 0 Å². The van der Waals surface area contributed by atoms with Crippen LogP contribution in [0.4, 0.5) is 10.6 Å².